The number of rotatable bonds is 6. The van der Waals surface area contributed by atoms with Gasteiger partial charge >= 0.3 is 5.97 Å². The highest BCUT2D eigenvalue weighted by Crippen LogP contribution is 2.31. The topological polar surface area (TPSA) is 79.8 Å². The van der Waals surface area contributed by atoms with Crippen molar-refractivity contribution in [2.24, 2.45) is 4.99 Å². The highest BCUT2D eigenvalue weighted by molar-refractivity contribution is 8.15. The van der Waals surface area contributed by atoms with E-state index in [1.165, 1.54) is 18.9 Å². The zero-order valence-corrected chi connectivity index (χ0v) is 17.2. The van der Waals surface area contributed by atoms with E-state index in [9.17, 15) is 9.59 Å². The molecule has 2 aromatic rings. The number of methoxy groups -OCH3 is 1. The van der Waals surface area contributed by atoms with Crippen LogP contribution in [0.2, 0.25) is 0 Å². The molecule has 1 aliphatic rings. The molecule has 3 rings (SSSR count). The lowest BCUT2D eigenvalue weighted by molar-refractivity contribution is -0.139. The SMILES string of the molecule is COC(=O)CC1=CC(S[C@@H](C)C(=O)NCc2ccccc2)=Nc2ccccc2N1. The van der Waals surface area contributed by atoms with Gasteiger partial charge in [0.15, 0.2) is 0 Å². The third-order valence-corrected chi connectivity index (χ3v) is 5.28. The third-order valence-electron chi connectivity index (χ3n) is 4.27. The number of aliphatic imine (C=N–C) groups is 1. The van der Waals surface area contributed by atoms with Gasteiger partial charge in [-0.2, -0.15) is 0 Å². The van der Waals surface area contributed by atoms with Crippen LogP contribution in [0.4, 0.5) is 11.4 Å². The normalized spacial score (nSPS) is 13.7. The number of nitrogens with one attached hydrogen (secondary N) is 2. The molecule has 0 spiro atoms. The van der Waals surface area contributed by atoms with Crippen LogP contribution < -0.4 is 10.6 Å². The van der Waals surface area contributed by atoms with Gasteiger partial charge in [0.1, 0.15) is 0 Å². The van der Waals surface area contributed by atoms with E-state index in [2.05, 4.69) is 15.6 Å². The Bertz CT molecular complexity index is 941. The van der Waals surface area contributed by atoms with E-state index in [0.29, 0.717) is 17.3 Å². The van der Waals surface area contributed by atoms with Crippen molar-refractivity contribution in [3.05, 3.63) is 71.9 Å². The summed E-state index contributed by atoms with van der Waals surface area (Å²) in [5.74, 6) is -0.420. The van der Waals surface area contributed by atoms with Crippen LogP contribution in [0.15, 0.2) is 71.4 Å². The predicted octanol–water partition coefficient (Wildman–Crippen LogP) is 4.03. The second kappa shape index (κ2) is 9.93. The second-order valence-corrected chi connectivity index (χ2v) is 7.84. The summed E-state index contributed by atoms with van der Waals surface area (Å²) in [6, 6.07) is 17.3. The first-order valence-electron chi connectivity index (χ1n) is 9.25. The number of nitrogens with zero attached hydrogens (tertiary/aromatic N) is 1. The van der Waals surface area contributed by atoms with Crippen molar-refractivity contribution in [1.82, 2.24) is 5.32 Å². The first-order chi connectivity index (χ1) is 14.0. The smallest absolute Gasteiger partial charge is 0.311 e. The van der Waals surface area contributed by atoms with Gasteiger partial charge in [-0.3, -0.25) is 9.59 Å². The molecule has 1 amide bonds. The highest BCUT2D eigenvalue weighted by Gasteiger charge is 2.19. The number of hydrogen-bond donors (Lipinski definition) is 2. The molecule has 0 aromatic heterocycles. The molecule has 0 fully saturated rings. The molecular formula is C22H23N3O3S. The van der Waals surface area contributed by atoms with Gasteiger partial charge in [0, 0.05) is 12.2 Å². The number of carbonyl (C=O) groups is 2. The van der Waals surface area contributed by atoms with Gasteiger partial charge in [-0.25, -0.2) is 4.99 Å². The van der Waals surface area contributed by atoms with Crippen molar-refractivity contribution in [2.75, 3.05) is 12.4 Å². The summed E-state index contributed by atoms with van der Waals surface area (Å²) in [5, 5.41) is 6.49. The summed E-state index contributed by atoms with van der Waals surface area (Å²) in [7, 11) is 1.36. The average molecular weight is 410 g/mol. The molecule has 0 radical (unpaired) electrons. The van der Waals surface area contributed by atoms with E-state index >= 15 is 0 Å². The van der Waals surface area contributed by atoms with Crippen molar-refractivity contribution in [3.63, 3.8) is 0 Å². The van der Waals surface area contributed by atoms with Crippen LogP contribution in [0.25, 0.3) is 0 Å². The minimum absolute atomic E-state index is 0.0741. The second-order valence-electron chi connectivity index (χ2n) is 6.48. The van der Waals surface area contributed by atoms with E-state index in [-0.39, 0.29) is 23.5 Å². The Hall–Kier alpha value is -3.06. The maximum atomic E-state index is 12.5. The predicted molar refractivity (Wildman–Crippen MR) is 117 cm³/mol. The van der Waals surface area contributed by atoms with Gasteiger partial charge in [-0.1, -0.05) is 54.2 Å². The molecule has 0 saturated carbocycles. The fraction of sp³-hybridized carbons (Fsp3) is 0.227. The van der Waals surface area contributed by atoms with Crippen molar-refractivity contribution in [1.29, 1.82) is 0 Å². The molecule has 150 valence electrons. The number of ether oxygens (including phenoxy) is 1. The Labute approximate surface area is 174 Å². The van der Waals surface area contributed by atoms with Crippen LogP contribution in [0, 0.1) is 0 Å². The maximum absolute atomic E-state index is 12.5. The Kier molecular flexibility index (Phi) is 7.08. The lowest BCUT2D eigenvalue weighted by Gasteiger charge is -2.12. The Morgan fingerprint density at radius 1 is 1.14 bits per heavy atom. The van der Waals surface area contributed by atoms with Gasteiger partial charge in [0.2, 0.25) is 5.91 Å². The zero-order chi connectivity index (χ0) is 20.6. The number of anilines is 1. The fourth-order valence-electron chi connectivity index (χ4n) is 2.73. The summed E-state index contributed by atoms with van der Waals surface area (Å²) in [6.45, 7) is 2.32. The molecule has 1 aliphatic heterocycles. The minimum Gasteiger partial charge on any atom is -0.469 e. The molecule has 0 bridgehead atoms. The molecule has 1 atom stereocenters. The van der Waals surface area contributed by atoms with Gasteiger partial charge < -0.3 is 15.4 Å². The van der Waals surface area contributed by atoms with Crippen LogP contribution in [-0.4, -0.2) is 29.3 Å². The molecule has 7 heteroatoms. The largest absolute Gasteiger partial charge is 0.469 e. The summed E-state index contributed by atoms with van der Waals surface area (Å²) in [4.78, 5) is 28.9. The number of hydrogen-bond acceptors (Lipinski definition) is 6. The van der Waals surface area contributed by atoms with Crippen LogP contribution >= 0.6 is 11.8 Å². The molecule has 0 unspecified atom stereocenters. The van der Waals surface area contributed by atoms with Crippen LogP contribution in [0.3, 0.4) is 0 Å². The average Bonchev–Trinajstić information content (AvgIpc) is 2.90. The molecular weight excluding hydrogens is 386 g/mol. The van der Waals surface area contributed by atoms with Crippen molar-refractivity contribution >= 4 is 40.1 Å². The van der Waals surface area contributed by atoms with Gasteiger partial charge in [-0.05, 0) is 30.7 Å². The number of fused-ring (bicyclic) bond motifs is 1. The standard InChI is InChI=1S/C22H23N3O3S/c1-15(22(27)23-14-16-8-4-3-5-9-16)29-20-12-17(13-21(26)28-2)24-18-10-6-7-11-19(18)25-20/h3-12,15,24H,13-14H2,1-2H3,(H,23,27)/t15-/m0/s1. The zero-order valence-electron chi connectivity index (χ0n) is 16.3. The van der Waals surface area contributed by atoms with Crippen molar-refractivity contribution < 1.29 is 14.3 Å². The maximum Gasteiger partial charge on any atom is 0.311 e. The van der Waals surface area contributed by atoms with E-state index in [4.69, 9.17) is 4.74 Å². The van der Waals surface area contributed by atoms with Gasteiger partial charge in [0.25, 0.3) is 0 Å². The Morgan fingerprint density at radius 3 is 2.62 bits per heavy atom. The molecule has 1 heterocycles. The van der Waals surface area contributed by atoms with E-state index in [1.54, 1.807) is 6.08 Å². The molecule has 29 heavy (non-hydrogen) atoms. The van der Waals surface area contributed by atoms with E-state index in [1.807, 2.05) is 61.5 Å². The van der Waals surface area contributed by atoms with Gasteiger partial charge in [0.05, 0.1) is 35.2 Å². The minimum atomic E-state index is -0.349. The number of carbonyl (C=O) groups excluding carboxylic acids is 2. The molecule has 2 aromatic carbocycles. The van der Waals surface area contributed by atoms with Crippen LogP contribution in [0.1, 0.15) is 18.9 Å². The molecule has 0 saturated heterocycles. The van der Waals surface area contributed by atoms with Crippen molar-refractivity contribution in [2.45, 2.75) is 25.1 Å². The third kappa shape index (κ3) is 5.96. The Morgan fingerprint density at radius 2 is 1.86 bits per heavy atom. The van der Waals surface area contributed by atoms with E-state index in [0.717, 1.165) is 16.9 Å². The first kappa shape index (κ1) is 20.7. The number of esters is 1. The number of amides is 1. The van der Waals surface area contributed by atoms with Crippen molar-refractivity contribution in [3.8, 4) is 0 Å². The lowest BCUT2D eigenvalue weighted by Crippen LogP contribution is -2.31. The summed E-state index contributed by atoms with van der Waals surface area (Å²) in [6.07, 6.45) is 1.89. The monoisotopic (exact) mass is 409 g/mol. The first-order valence-corrected chi connectivity index (χ1v) is 10.1. The number of benzene rings is 2. The molecule has 2 N–H and O–H groups in total. The highest BCUT2D eigenvalue weighted by atomic mass is 32.2. The van der Waals surface area contributed by atoms with Crippen LogP contribution in [0.5, 0.6) is 0 Å². The lowest BCUT2D eigenvalue weighted by atomic mass is 10.2. The Balaban J connectivity index is 1.72. The summed E-state index contributed by atoms with van der Waals surface area (Å²) >= 11 is 1.35. The molecule has 6 nitrogen and oxygen atoms in total. The number of thioether (sulfide) groups is 1. The summed E-state index contributed by atoms with van der Waals surface area (Å²) < 4.78 is 4.78. The number of para-hydroxylation sites is 2. The van der Waals surface area contributed by atoms with Crippen LogP contribution in [-0.2, 0) is 20.9 Å². The van der Waals surface area contributed by atoms with Gasteiger partial charge in [-0.15, -0.1) is 0 Å². The quantitative estimate of drug-likeness (QED) is 0.704. The fourth-order valence-corrected chi connectivity index (χ4v) is 3.65. The molecule has 0 aliphatic carbocycles. The summed E-state index contributed by atoms with van der Waals surface area (Å²) in [5.41, 5.74) is 3.27. The van der Waals surface area contributed by atoms with E-state index < -0.39 is 0 Å².